The summed E-state index contributed by atoms with van der Waals surface area (Å²) in [6.45, 7) is 0.122. The highest BCUT2D eigenvalue weighted by atomic mass is 19.1. The molecule has 0 aliphatic carbocycles. The molecule has 0 saturated carbocycles. The van der Waals surface area contributed by atoms with Crippen LogP contribution < -0.4 is 0 Å². The highest BCUT2D eigenvalue weighted by Crippen LogP contribution is 2.35. The van der Waals surface area contributed by atoms with E-state index in [2.05, 4.69) is 0 Å². The van der Waals surface area contributed by atoms with Crippen LogP contribution in [0, 0.1) is 11.2 Å². The van der Waals surface area contributed by atoms with Gasteiger partial charge in [-0.05, 0) is 54.7 Å². The van der Waals surface area contributed by atoms with Gasteiger partial charge in [0, 0.05) is 19.5 Å². The molecule has 3 rings (SSSR count). The zero-order chi connectivity index (χ0) is 21.0. The molecule has 3 N–H and O–H groups in total. The van der Waals surface area contributed by atoms with E-state index >= 15 is 0 Å². The van der Waals surface area contributed by atoms with Crippen molar-refractivity contribution in [2.24, 2.45) is 5.41 Å². The zero-order valence-electron chi connectivity index (χ0n) is 15.9. The fourth-order valence-electron chi connectivity index (χ4n) is 3.88. The zero-order valence-corrected chi connectivity index (χ0v) is 15.9. The number of carbonyl (C=O) groups excluding carboxylic acids is 1. The first-order valence-corrected chi connectivity index (χ1v) is 9.52. The number of hydrogen-bond donors (Lipinski definition) is 3. The van der Waals surface area contributed by atoms with E-state index in [1.165, 1.54) is 23.1 Å². The predicted octanol–water partition coefficient (Wildman–Crippen LogP) is 2.37. The Bertz CT molecular complexity index is 902. The first-order chi connectivity index (χ1) is 13.8. The van der Waals surface area contributed by atoms with Crippen LogP contribution >= 0.6 is 0 Å². The summed E-state index contributed by atoms with van der Waals surface area (Å²) in [7, 11) is 0. The molecule has 1 aliphatic heterocycles. The maximum atomic E-state index is 13.5. The lowest BCUT2D eigenvalue weighted by molar-refractivity contribution is -0.165. The number of halogens is 1. The van der Waals surface area contributed by atoms with Crippen molar-refractivity contribution in [3.63, 3.8) is 0 Å². The van der Waals surface area contributed by atoms with Gasteiger partial charge in [0.25, 0.3) is 0 Å². The van der Waals surface area contributed by atoms with Gasteiger partial charge < -0.3 is 20.2 Å². The van der Waals surface area contributed by atoms with E-state index in [1.807, 2.05) is 0 Å². The van der Waals surface area contributed by atoms with Gasteiger partial charge in [-0.1, -0.05) is 24.3 Å². The number of rotatable bonds is 6. The molecule has 1 saturated heterocycles. The topological polar surface area (TPSA) is 98.1 Å². The maximum absolute atomic E-state index is 13.5. The number of aromatic hydroxyl groups is 1. The average Bonchev–Trinajstić information content (AvgIpc) is 2.68. The molecule has 2 aromatic rings. The van der Waals surface area contributed by atoms with Crippen LogP contribution in [0.2, 0.25) is 0 Å². The Hall–Kier alpha value is -2.93. The Balaban J connectivity index is 1.74. The molecule has 154 valence electrons. The number of aliphatic carboxylic acids is 1. The summed E-state index contributed by atoms with van der Waals surface area (Å²) in [4.78, 5) is 26.3. The summed E-state index contributed by atoms with van der Waals surface area (Å²) in [5.41, 5.74) is -0.327. The van der Waals surface area contributed by atoms with Gasteiger partial charge in [-0.25, -0.2) is 4.39 Å². The summed E-state index contributed by atoms with van der Waals surface area (Å²) in [5, 5.41) is 30.0. The number of likely N-dealkylation sites (tertiary alicyclic amines) is 1. The third-order valence-electron chi connectivity index (χ3n) is 5.51. The number of amides is 1. The minimum Gasteiger partial charge on any atom is -0.508 e. The molecule has 0 bridgehead atoms. The van der Waals surface area contributed by atoms with Crippen molar-refractivity contribution in [2.75, 3.05) is 13.1 Å². The average molecular weight is 401 g/mol. The summed E-state index contributed by atoms with van der Waals surface area (Å²) in [6.07, 6.45) is -0.499. The third kappa shape index (κ3) is 4.74. The predicted molar refractivity (Wildman–Crippen MR) is 104 cm³/mol. The summed E-state index contributed by atoms with van der Waals surface area (Å²) in [5.74, 6) is -1.78. The second-order valence-electron chi connectivity index (χ2n) is 7.56. The smallest absolute Gasteiger partial charge is 0.314 e. The standard InChI is InChI=1S/C22H24FNO5/c23-17-5-1-4-16(11-17)13-22(21(28)29)14-24(10-9-19(22)26)20(27)8-7-15-3-2-6-18(25)12-15/h1-6,11-12,19,25-26H,7-10,13-14H2,(H,28,29)/t19-,22-/m1/s1. The SMILES string of the molecule is O=C(CCc1cccc(O)c1)N1CC[C@@H](O)[C@](Cc2cccc(F)c2)(C(=O)O)C1. The first-order valence-electron chi connectivity index (χ1n) is 9.52. The van der Waals surface area contributed by atoms with E-state index in [9.17, 15) is 29.3 Å². The Kier molecular flexibility index (Phi) is 6.17. The summed E-state index contributed by atoms with van der Waals surface area (Å²) in [6, 6.07) is 12.3. The van der Waals surface area contributed by atoms with Gasteiger partial charge in [0.05, 0.1) is 6.10 Å². The molecule has 1 heterocycles. The van der Waals surface area contributed by atoms with Crippen molar-refractivity contribution in [3.05, 3.63) is 65.5 Å². The Morgan fingerprint density at radius 3 is 2.55 bits per heavy atom. The van der Waals surface area contributed by atoms with Crippen molar-refractivity contribution in [1.29, 1.82) is 0 Å². The number of nitrogens with zero attached hydrogens (tertiary/aromatic N) is 1. The van der Waals surface area contributed by atoms with E-state index in [1.54, 1.807) is 30.3 Å². The van der Waals surface area contributed by atoms with E-state index in [0.29, 0.717) is 12.0 Å². The quantitative estimate of drug-likeness (QED) is 0.690. The Morgan fingerprint density at radius 1 is 1.14 bits per heavy atom. The van der Waals surface area contributed by atoms with Crippen LogP contribution in [0.4, 0.5) is 4.39 Å². The van der Waals surface area contributed by atoms with Gasteiger partial charge in [-0.15, -0.1) is 0 Å². The van der Waals surface area contributed by atoms with Gasteiger partial charge in [0.2, 0.25) is 5.91 Å². The number of carboxylic acids is 1. The number of hydrogen-bond acceptors (Lipinski definition) is 4. The normalized spacial score (nSPS) is 21.7. The number of aryl methyl sites for hydroxylation is 1. The molecule has 0 spiro atoms. The monoisotopic (exact) mass is 401 g/mol. The number of piperidine rings is 1. The molecule has 0 aromatic heterocycles. The van der Waals surface area contributed by atoms with Crippen molar-refractivity contribution in [1.82, 2.24) is 4.90 Å². The lowest BCUT2D eigenvalue weighted by Gasteiger charge is -2.43. The number of phenols is 1. The van der Waals surface area contributed by atoms with Crippen LogP contribution in [0.5, 0.6) is 5.75 Å². The Labute approximate surface area is 168 Å². The van der Waals surface area contributed by atoms with E-state index in [0.717, 1.165) is 5.56 Å². The molecule has 29 heavy (non-hydrogen) atoms. The molecule has 2 atom stereocenters. The largest absolute Gasteiger partial charge is 0.508 e. The van der Waals surface area contributed by atoms with Crippen LogP contribution in [-0.4, -0.2) is 51.3 Å². The summed E-state index contributed by atoms with van der Waals surface area (Å²) < 4.78 is 13.5. The van der Waals surface area contributed by atoms with Crippen molar-refractivity contribution < 1.29 is 29.3 Å². The third-order valence-corrected chi connectivity index (χ3v) is 5.51. The van der Waals surface area contributed by atoms with Crippen LogP contribution in [0.15, 0.2) is 48.5 Å². The molecule has 1 fully saturated rings. The molecule has 0 radical (unpaired) electrons. The highest BCUT2D eigenvalue weighted by Gasteiger charge is 2.50. The number of carboxylic acid groups (broad SMARTS) is 1. The number of aliphatic hydroxyl groups is 1. The van der Waals surface area contributed by atoms with Gasteiger partial charge in [-0.3, -0.25) is 9.59 Å². The molecular weight excluding hydrogens is 377 g/mol. The fraction of sp³-hybridized carbons (Fsp3) is 0.364. The number of phenolic OH excluding ortho intramolecular Hbond substituents is 1. The van der Waals surface area contributed by atoms with Gasteiger partial charge in [0.15, 0.2) is 0 Å². The van der Waals surface area contributed by atoms with E-state index in [-0.39, 0.29) is 44.0 Å². The number of aliphatic hydroxyl groups excluding tert-OH is 1. The maximum Gasteiger partial charge on any atom is 0.314 e. The van der Waals surface area contributed by atoms with Crippen LogP contribution in [0.25, 0.3) is 0 Å². The minimum atomic E-state index is -1.59. The molecule has 1 amide bonds. The van der Waals surface area contributed by atoms with E-state index in [4.69, 9.17) is 0 Å². The number of carbonyl (C=O) groups is 2. The lowest BCUT2D eigenvalue weighted by Crippen LogP contribution is -2.58. The molecule has 7 heteroatoms. The first kappa shape index (κ1) is 20.8. The van der Waals surface area contributed by atoms with Crippen molar-refractivity contribution in [3.8, 4) is 5.75 Å². The van der Waals surface area contributed by atoms with Crippen molar-refractivity contribution >= 4 is 11.9 Å². The Morgan fingerprint density at radius 2 is 1.86 bits per heavy atom. The fourth-order valence-corrected chi connectivity index (χ4v) is 3.88. The minimum absolute atomic E-state index is 0.0718. The van der Waals surface area contributed by atoms with Gasteiger partial charge >= 0.3 is 5.97 Å². The van der Waals surface area contributed by atoms with Crippen molar-refractivity contribution in [2.45, 2.75) is 31.8 Å². The number of benzene rings is 2. The van der Waals surface area contributed by atoms with Crippen LogP contribution in [0.3, 0.4) is 0 Å². The summed E-state index contributed by atoms with van der Waals surface area (Å²) >= 11 is 0. The second kappa shape index (κ2) is 8.61. The van der Waals surface area contributed by atoms with Gasteiger partial charge in [-0.2, -0.15) is 0 Å². The molecular formula is C22H24FNO5. The molecule has 0 unspecified atom stereocenters. The molecule has 2 aromatic carbocycles. The van der Waals surface area contributed by atoms with Crippen LogP contribution in [-0.2, 0) is 22.4 Å². The molecule has 1 aliphatic rings. The van der Waals surface area contributed by atoms with Crippen LogP contribution in [0.1, 0.15) is 24.0 Å². The lowest BCUT2D eigenvalue weighted by atomic mass is 9.72. The molecule has 6 nitrogen and oxygen atoms in total. The highest BCUT2D eigenvalue weighted by molar-refractivity contribution is 5.80. The van der Waals surface area contributed by atoms with Gasteiger partial charge in [0.1, 0.15) is 17.0 Å². The van der Waals surface area contributed by atoms with E-state index < -0.39 is 23.3 Å². The second-order valence-corrected chi connectivity index (χ2v) is 7.56.